The topological polar surface area (TPSA) is 0 Å². The predicted octanol–water partition coefficient (Wildman–Crippen LogP) is 3.96. The molecule has 1 aromatic carbocycles. The zero-order valence-electron chi connectivity index (χ0n) is 8.09. The summed E-state index contributed by atoms with van der Waals surface area (Å²) < 4.78 is 0. The second-order valence-corrected chi connectivity index (χ2v) is 4.71. The lowest BCUT2D eigenvalue weighted by Crippen LogP contribution is -1.99. The molecule has 2 heteroatoms. The van der Waals surface area contributed by atoms with Crippen molar-refractivity contribution in [1.82, 2.24) is 0 Å². The van der Waals surface area contributed by atoms with Gasteiger partial charge in [0, 0.05) is 16.5 Å². The summed E-state index contributed by atoms with van der Waals surface area (Å²) in [4.78, 5) is 1.37. The first-order valence-electron chi connectivity index (χ1n) is 4.48. The van der Waals surface area contributed by atoms with Crippen molar-refractivity contribution in [3.8, 4) is 0 Å². The molecule has 0 fully saturated rings. The molecule has 0 bridgehead atoms. The molecule has 0 saturated heterocycles. The lowest BCUT2D eigenvalue weighted by Gasteiger charge is -2.08. The van der Waals surface area contributed by atoms with Crippen LogP contribution < -0.4 is 0 Å². The van der Waals surface area contributed by atoms with Gasteiger partial charge in [0.05, 0.1) is 0 Å². The summed E-state index contributed by atoms with van der Waals surface area (Å²) in [5.74, 6) is 2.44. The van der Waals surface area contributed by atoms with Crippen LogP contribution in [0, 0.1) is 12.8 Å². The predicted molar refractivity (Wildman–Crippen MR) is 61.8 cm³/mol. The van der Waals surface area contributed by atoms with E-state index >= 15 is 0 Å². The molecule has 0 amide bonds. The standard InChI is InChI=1S/C11H15ClS/c1-9(7-12)8-13-11-6-4-3-5-10(11)2/h3-6,9H,7-8H2,1-2H3. The van der Waals surface area contributed by atoms with E-state index in [1.165, 1.54) is 10.5 Å². The smallest absolute Gasteiger partial charge is 0.0257 e. The molecule has 0 saturated carbocycles. The maximum atomic E-state index is 5.74. The average molecular weight is 215 g/mol. The normalized spacial score (nSPS) is 12.8. The molecule has 1 rings (SSSR count). The Balaban J connectivity index is 2.50. The number of hydrogen-bond acceptors (Lipinski definition) is 1. The minimum atomic E-state index is 0.589. The number of hydrogen-bond donors (Lipinski definition) is 0. The van der Waals surface area contributed by atoms with Gasteiger partial charge in [-0.1, -0.05) is 25.1 Å². The SMILES string of the molecule is Cc1ccccc1SCC(C)CCl. The Morgan fingerprint density at radius 3 is 2.69 bits per heavy atom. The van der Waals surface area contributed by atoms with Crippen molar-refractivity contribution in [2.24, 2.45) is 5.92 Å². The van der Waals surface area contributed by atoms with Crippen LogP contribution in [0.15, 0.2) is 29.2 Å². The van der Waals surface area contributed by atoms with Crippen LogP contribution in [-0.4, -0.2) is 11.6 Å². The molecule has 1 aromatic rings. The third-order valence-corrected chi connectivity index (χ3v) is 3.91. The van der Waals surface area contributed by atoms with Gasteiger partial charge in [-0.15, -0.1) is 23.4 Å². The highest BCUT2D eigenvalue weighted by Crippen LogP contribution is 2.24. The molecule has 0 aliphatic carbocycles. The third kappa shape index (κ3) is 3.61. The number of rotatable bonds is 4. The van der Waals surface area contributed by atoms with E-state index < -0.39 is 0 Å². The monoisotopic (exact) mass is 214 g/mol. The van der Waals surface area contributed by atoms with Gasteiger partial charge >= 0.3 is 0 Å². The first-order valence-corrected chi connectivity index (χ1v) is 6.00. The largest absolute Gasteiger partial charge is 0.126 e. The number of aryl methyl sites for hydroxylation is 1. The molecule has 0 N–H and O–H groups in total. The minimum Gasteiger partial charge on any atom is -0.126 e. The summed E-state index contributed by atoms with van der Waals surface area (Å²) in [6.07, 6.45) is 0. The van der Waals surface area contributed by atoms with Crippen LogP contribution in [-0.2, 0) is 0 Å². The first kappa shape index (κ1) is 10.9. The first-order chi connectivity index (χ1) is 6.24. The molecular formula is C11H15ClS. The molecule has 0 spiro atoms. The van der Waals surface area contributed by atoms with Gasteiger partial charge in [0.15, 0.2) is 0 Å². The molecule has 0 aromatic heterocycles. The summed E-state index contributed by atoms with van der Waals surface area (Å²) in [7, 11) is 0. The Hall–Kier alpha value is -0.140. The fourth-order valence-corrected chi connectivity index (χ4v) is 2.29. The fraction of sp³-hybridized carbons (Fsp3) is 0.455. The molecule has 0 aliphatic heterocycles. The summed E-state index contributed by atoms with van der Waals surface area (Å²) in [6.45, 7) is 4.33. The molecule has 0 aliphatic rings. The van der Waals surface area contributed by atoms with Crippen molar-refractivity contribution in [2.75, 3.05) is 11.6 Å². The second-order valence-electron chi connectivity index (χ2n) is 3.34. The third-order valence-electron chi connectivity index (χ3n) is 1.88. The summed E-state index contributed by atoms with van der Waals surface area (Å²) in [6, 6.07) is 8.47. The molecule has 13 heavy (non-hydrogen) atoms. The van der Waals surface area contributed by atoms with Crippen molar-refractivity contribution in [3.05, 3.63) is 29.8 Å². The highest BCUT2D eigenvalue weighted by Gasteiger charge is 2.02. The Bertz CT molecular complexity index is 260. The average Bonchev–Trinajstić information content (AvgIpc) is 2.16. The van der Waals surface area contributed by atoms with E-state index in [0.717, 1.165) is 11.6 Å². The molecule has 72 valence electrons. The van der Waals surface area contributed by atoms with Gasteiger partial charge in [0.1, 0.15) is 0 Å². The maximum absolute atomic E-state index is 5.74. The minimum absolute atomic E-state index is 0.589. The Morgan fingerprint density at radius 2 is 2.08 bits per heavy atom. The van der Waals surface area contributed by atoms with Crippen molar-refractivity contribution in [3.63, 3.8) is 0 Å². The maximum Gasteiger partial charge on any atom is 0.0257 e. The quantitative estimate of drug-likeness (QED) is 0.540. The Labute approximate surface area is 89.7 Å². The van der Waals surface area contributed by atoms with Crippen molar-refractivity contribution in [2.45, 2.75) is 18.7 Å². The van der Waals surface area contributed by atoms with Crippen molar-refractivity contribution in [1.29, 1.82) is 0 Å². The van der Waals surface area contributed by atoms with E-state index in [2.05, 4.69) is 38.1 Å². The van der Waals surface area contributed by atoms with Crippen molar-refractivity contribution >= 4 is 23.4 Å². The summed E-state index contributed by atoms with van der Waals surface area (Å²) in [5, 5.41) is 0. The van der Waals surface area contributed by atoms with Gasteiger partial charge in [-0.3, -0.25) is 0 Å². The van der Waals surface area contributed by atoms with Gasteiger partial charge in [0.2, 0.25) is 0 Å². The zero-order chi connectivity index (χ0) is 9.68. The van der Waals surface area contributed by atoms with Gasteiger partial charge in [-0.05, 0) is 24.5 Å². The second kappa shape index (κ2) is 5.56. The van der Waals surface area contributed by atoms with Crippen LogP contribution in [0.1, 0.15) is 12.5 Å². The van der Waals surface area contributed by atoms with Crippen LogP contribution in [0.3, 0.4) is 0 Å². The van der Waals surface area contributed by atoms with E-state index in [9.17, 15) is 0 Å². The Kier molecular flexibility index (Phi) is 4.68. The highest BCUT2D eigenvalue weighted by molar-refractivity contribution is 7.99. The van der Waals surface area contributed by atoms with E-state index in [-0.39, 0.29) is 0 Å². The lowest BCUT2D eigenvalue weighted by molar-refractivity contribution is 0.759. The zero-order valence-corrected chi connectivity index (χ0v) is 9.66. The molecular weight excluding hydrogens is 200 g/mol. The number of thioether (sulfide) groups is 1. The van der Waals surface area contributed by atoms with Crippen LogP contribution in [0.2, 0.25) is 0 Å². The summed E-state index contributed by atoms with van der Waals surface area (Å²) >= 11 is 7.64. The van der Waals surface area contributed by atoms with E-state index in [0.29, 0.717) is 5.92 Å². The number of halogens is 1. The van der Waals surface area contributed by atoms with E-state index in [1.54, 1.807) is 0 Å². The fourth-order valence-electron chi connectivity index (χ4n) is 0.995. The van der Waals surface area contributed by atoms with Gasteiger partial charge < -0.3 is 0 Å². The van der Waals surface area contributed by atoms with Gasteiger partial charge in [-0.25, -0.2) is 0 Å². The number of benzene rings is 1. The Morgan fingerprint density at radius 1 is 1.38 bits per heavy atom. The molecule has 1 atom stereocenters. The highest BCUT2D eigenvalue weighted by atomic mass is 35.5. The van der Waals surface area contributed by atoms with E-state index in [1.807, 2.05) is 11.8 Å². The van der Waals surface area contributed by atoms with Crippen molar-refractivity contribution < 1.29 is 0 Å². The summed E-state index contributed by atoms with van der Waals surface area (Å²) in [5.41, 5.74) is 1.36. The van der Waals surface area contributed by atoms with E-state index in [4.69, 9.17) is 11.6 Å². The molecule has 0 radical (unpaired) electrons. The van der Waals surface area contributed by atoms with Gasteiger partial charge in [-0.2, -0.15) is 0 Å². The van der Waals surface area contributed by atoms with Gasteiger partial charge in [0.25, 0.3) is 0 Å². The molecule has 0 heterocycles. The number of alkyl halides is 1. The van der Waals surface area contributed by atoms with Crippen LogP contribution >= 0.6 is 23.4 Å². The lowest BCUT2D eigenvalue weighted by atomic mass is 10.2. The van der Waals surface area contributed by atoms with Crippen LogP contribution in [0.25, 0.3) is 0 Å². The molecule has 1 unspecified atom stereocenters. The molecule has 0 nitrogen and oxygen atoms in total. The van der Waals surface area contributed by atoms with Crippen LogP contribution in [0.4, 0.5) is 0 Å². The van der Waals surface area contributed by atoms with Crippen LogP contribution in [0.5, 0.6) is 0 Å².